The topological polar surface area (TPSA) is 66.9 Å². The summed E-state index contributed by atoms with van der Waals surface area (Å²) >= 11 is 2.94. The molecule has 0 bridgehead atoms. The van der Waals surface area contributed by atoms with Gasteiger partial charge in [0.25, 0.3) is 0 Å². The van der Waals surface area contributed by atoms with Gasteiger partial charge in [-0.05, 0) is 12.2 Å². The predicted octanol–water partition coefficient (Wildman–Crippen LogP) is 4.33. The fraction of sp³-hybridized carbons (Fsp3) is 0.250. The fourth-order valence-corrected chi connectivity index (χ4v) is 4.35. The summed E-state index contributed by atoms with van der Waals surface area (Å²) in [6.07, 6.45) is 2.18. The molecule has 5 heteroatoms. The maximum absolute atomic E-state index is 12.5. The van der Waals surface area contributed by atoms with Crippen LogP contribution in [0, 0.1) is 11.3 Å². The summed E-state index contributed by atoms with van der Waals surface area (Å²) < 4.78 is 0.850. The van der Waals surface area contributed by atoms with Crippen LogP contribution >= 0.6 is 23.1 Å². The number of unbranched alkanes of at least 4 members (excludes halogenated alkanes) is 1. The van der Waals surface area contributed by atoms with Crippen molar-refractivity contribution in [3.05, 3.63) is 46.3 Å². The third kappa shape index (κ3) is 3.46. The maximum atomic E-state index is 12.5. The SMILES string of the molecule is CCCCSc1sc(C(=O)c2ccccc2)c(N)c1C#N. The van der Waals surface area contributed by atoms with Crippen molar-refractivity contribution in [2.75, 3.05) is 11.5 Å². The lowest BCUT2D eigenvalue weighted by atomic mass is 10.1. The van der Waals surface area contributed by atoms with E-state index in [1.54, 1.807) is 23.9 Å². The van der Waals surface area contributed by atoms with Gasteiger partial charge in [0, 0.05) is 5.56 Å². The second-order valence-electron chi connectivity index (χ2n) is 4.52. The number of nitrogen functional groups attached to an aromatic ring is 1. The van der Waals surface area contributed by atoms with E-state index in [-0.39, 0.29) is 5.78 Å². The van der Waals surface area contributed by atoms with Crippen LogP contribution in [0.5, 0.6) is 0 Å². The third-order valence-electron chi connectivity index (χ3n) is 3.00. The number of hydrogen-bond donors (Lipinski definition) is 1. The Bertz CT molecular complexity index is 672. The third-order valence-corrected chi connectivity index (χ3v) is 5.56. The molecule has 2 rings (SSSR count). The number of carbonyl (C=O) groups is 1. The number of hydrogen-bond acceptors (Lipinski definition) is 5. The number of anilines is 1. The number of thiophene rings is 1. The Morgan fingerprint density at radius 2 is 2.10 bits per heavy atom. The van der Waals surface area contributed by atoms with E-state index in [2.05, 4.69) is 13.0 Å². The molecular weight excluding hydrogens is 300 g/mol. The summed E-state index contributed by atoms with van der Waals surface area (Å²) in [6, 6.07) is 11.2. The van der Waals surface area contributed by atoms with Gasteiger partial charge in [-0.15, -0.1) is 23.1 Å². The molecule has 0 radical (unpaired) electrons. The molecule has 0 saturated carbocycles. The molecular formula is C16H16N2OS2. The summed E-state index contributed by atoms with van der Waals surface area (Å²) in [5.41, 5.74) is 7.37. The molecule has 0 aliphatic rings. The van der Waals surface area contributed by atoms with Crippen LogP contribution in [0.1, 0.15) is 40.6 Å². The first-order chi connectivity index (χ1) is 10.2. The van der Waals surface area contributed by atoms with Gasteiger partial charge in [0.1, 0.15) is 16.5 Å². The smallest absolute Gasteiger partial charge is 0.205 e. The molecule has 0 unspecified atom stereocenters. The van der Waals surface area contributed by atoms with Gasteiger partial charge in [-0.2, -0.15) is 5.26 Å². The van der Waals surface area contributed by atoms with Crippen LogP contribution in [0.15, 0.2) is 34.5 Å². The number of ketones is 1. The minimum atomic E-state index is -0.114. The highest BCUT2D eigenvalue weighted by atomic mass is 32.2. The van der Waals surface area contributed by atoms with Crippen molar-refractivity contribution in [2.45, 2.75) is 24.0 Å². The molecule has 2 aromatic rings. The molecule has 0 spiro atoms. The van der Waals surface area contributed by atoms with Gasteiger partial charge in [-0.1, -0.05) is 43.7 Å². The van der Waals surface area contributed by atoms with Gasteiger partial charge in [0.15, 0.2) is 0 Å². The van der Waals surface area contributed by atoms with Crippen molar-refractivity contribution < 1.29 is 4.79 Å². The van der Waals surface area contributed by atoms with Gasteiger partial charge in [-0.3, -0.25) is 4.79 Å². The Hall–Kier alpha value is -1.77. The average molecular weight is 316 g/mol. The monoisotopic (exact) mass is 316 g/mol. The molecule has 0 amide bonds. The Labute approximate surface area is 132 Å². The second kappa shape index (κ2) is 7.30. The predicted molar refractivity (Wildman–Crippen MR) is 89.0 cm³/mol. The molecule has 2 N–H and O–H groups in total. The lowest BCUT2D eigenvalue weighted by Crippen LogP contribution is -2.02. The molecule has 108 valence electrons. The Kier molecular flexibility index (Phi) is 5.43. The van der Waals surface area contributed by atoms with Crippen molar-refractivity contribution in [2.24, 2.45) is 0 Å². The number of nitriles is 1. The number of carbonyl (C=O) groups excluding carboxylic acids is 1. The van der Waals surface area contributed by atoms with Gasteiger partial charge < -0.3 is 5.73 Å². The highest BCUT2D eigenvalue weighted by molar-refractivity contribution is 8.01. The van der Waals surface area contributed by atoms with Crippen molar-refractivity contribution in [1.82, 2.24) is 0 Å². The summed E-state index contributed by atoms with van der Waals surface area (Å²) in [6.45, 7) is 2.12. The number of thioether (sulfide) groups is 1. The van der Waals surface area contributed by atoms with Crippen LogP contribution in [-0.2, 0) is 0 Å². The van der Waals surface area contributed by atoms with Crippen molar-refractivity contribution in [3.8, 4) is 6.07 Å². The van der Waals surface area contributed by atoms with Crippen LogP contribution in [0.4, 0.5) is 5.69 Å². The Morgan fingerprint density at radius 1 is 1.38 bits per heavy atom. The molecule has 1 aromatic carbocycles. The summed E-state index contributed by atoms with van der Waals surface area (Å²) in [7, 11) is 0. The lowest BCUT2D eigenvalue weighted by molar-refractivity contribution is 0.104. The van der Waals surface area contributed by atoms with E-state index in [4.69, 9.17) is 5.73 Å². The molecule has 0 saturated heterocycles. The number of nitrogens with two attached hydrogens (primary N) is 1. The Morgan fingerprint density at radius 3 is 2.71 bits per heavy atom. The van der Waals surface area contributed by atoms with E-state index in [1.165, 1.54) is 11.3 Å². The van der Waals surface area contributed by atoms with E-state index in [0.29, 0.717) is 21.7 Å². The van der Waals surface area contributed by atoms with E-state index in [0.717, 1.165) is 22.8 Å². The zero-order chi connectivity index (χ0) is 15.2. The zero-order valence-electron chi connectivity index (χ0n) is 11.8. The highest BCUT2D eigenvalue weighted by Gasteiger charge is 2.22. The molecule has 0 aliphatic heterocycles. The minimum absolute atomic E-state index is 0.114. The first-order valence-electron chi connectivity index (χ1n) is 6.74. The van der Waals surface area contributed by atoms with Crippen LogP contribution in [0.25, 0.3) is 0 Å². The first kappa shape index (κ1) is 15.6. The van der Waals surface area contributed by atoms with Crippen LogP contribution in [-0.4, -0.2) is 11.5 Å². The van der Waals surface area contributed by atoms with Crippen molar-refractivity contribution >= 4 is 34.6 Å². The lowest BCUT2D eigenvalue weighted by Gasteiger charge is -1.98. The van der Waals surface area contributed by atoms with Crippen LogP contribution in [0.3, 0.4) is 0 Å². The summed E-state index contributed by atoms with van der Waals surface area (Å²) in [5.74, 6) is 0.821. The summed E-state index contributed by atoms with van der Waals surface area (Å²) in [5, 5.41) is 9.27. The van der Waals surface area contributed by atoms with Crippen LogP contribution in [0.2, 0.25) is 0 Å². The Balaban J connectivity index is 2.33. The van der Waals surface area contributed by atoms with Crippen molar-refractivity contribution in [3.63, 3.8) is 0 Å². The van der Waals surface area contributed by atoms with Gasteiger partial charge in [-0.25, -0.2) is 0 Å². The average Bonchev–Trinajstić information content (AvgIpc) is 2.83. The summed E-state index contributed by atoms with van der Waals surface area (Å²) in [4.78, 5) is 13.0. The zero-order valence-corrected chi connectivity index (χ0v) is 13.4. The number of nitrogens with zero attached hydrogens (tertiary/aromatic N) is 1. The highest BCUT2D eigenvalue weighted by Crippen LogP contribution is 2.39. The second-order valence-corrected chi connectivity index (χ2v) is 6.90. The molecule has 0 aliphatic carbocycles. The molecule has 3 nitrogen and oxygen atoms in total. The van der Waals surface area contributed by atoms with E-state index >= 15 is 0 Å². The van der Waals surface area contributed by atoms with Crippen molar-refractivity contribution in [1.29, 1.82) is 5.26 Å². The number of benzene rings is 1. The van der Waals surface area contributed by atoms with E-state index < -0.39 is 0 Å². The molecule has 21 heavy (non-hydrogen) atoms. The molecule has 0 fully saturated rings. The van der Waals surface area contributed by atoms with Crippen LogP contribution < -0.4 is 5.73 Å². The molecule has 1 heterocycles. The normalized spacial score (nSPS) is 10.3. The maximum Gasteiger partial charge on any atom is 0.205 e. The molecule has 1 aromatic heterocycles. The van der Waals surface area contributed by atoms with E-state index in [9.17, 15) is 10.1 Å². The largest absolute Gasteiger partial charge is 0.396 e. The van der Waals surface area contributed by atoms with Gasteiger partial charge >= 0.3 is 0 Å². The first-order valence-corrected chi connectivity index (χ1v) is 8.54. The minimum Gasteiger partial charge on any atom is -0.396 e. The van der Waals surface area contributed by atoms with E-state index in [1.807, 2.05) is 18.2 Å². The van der Waals surface area contributed by atoms with Gasteiger partial charge in [0.2, 0.25) is 5.78 Å². The fourth-order valence-electron chi connectivity index (χ4n) is 1.83. The quantitative estimate of drug-likeness (QED) is 0.489. The number of rotatable bonds is 6. The van der Waals surface area contributed by atoms with Gasteiger partial charge in [0.05, 0.1) is 9.90 Å². The standard InChI is InChI=1S/C16H16N2OS2/c1-2-3-9-20-16-12(10-17)13(18)15(21-16)14(19)11-7-5-4-6-8-11/h4-8H,2-3,9,18H2,1H3. The molecule has 0 atom stereocenters.